The van der Waals surface area contributed by atoms with E-state index >= 15 is 0 Å². The molecule has 0 aliphatic heterocycles. The third-order valence-corrected chi connectivity index (χ3v) is 5.44. The first-order chi connectivity index (χ1) is 11.4. The van der Waals surface area contributed by atoms with Crippen molar-refractivity contribution in [2.24, 2.45) is 0 Å². The van der Waals surface area contributed by atoms with E-state index in [2.05, 4.69) is 9.97 Å². The highest BCUT2D eigenvalue weighted by molar-refractivity contribution is 7.18. The monoisotopic (exact) mass is 326 g/mol. The van der Waals surface area contributed by atoms with Gasteiger partial charge in [0.25, 0.3) is 0 Å². The molecule has 5 heteroatoms. The summed E-state index contributed by atoms with van der Waals surface area (Å²) in [5.74, 6) is 2.03. The van der Waals surface area contributed by atoms with Gasteiger partial charge in [-0.05, 0) is 43.4 Å². The standard InChI is InChI=1S/C18H18N2O2S/c1-21-13-8-5-6-9-14(13)22-17-16-12-7-3-2-4-10-15(12)23-18(16)20-11-19-17/h5-6,8-9,11H,2-4,7,10H2,1H3. The minimum atomic E-state index is 0.638. The first-order valence-electron chi connectivity index (χ1n) is 7.93. The van der Waals surface area contributed by atoms with Gasteiger partial charge in [0.2, 0.25) is 5.88 Å². The number of nitrogens with zero attached hydrogens (tertiary/aromatic N) is 2. The normalized spacial score (nSPS) is 14.3. The zero-order valence-corrected chi connectivity index (χ0v) is 13.9. The lowest BCUT2D eigenvalue weighted by atomic mass is 10.1. The van der Waals surface area contributed by atoms with Crippen molar-refractivity contribution in [3.8, 4) is 17.4 Å². The summed E-state index contributed by atoms with van der Waals surface area (Å²) in [5.41, 5.74) is 1.38. The van der Waals surface area contributed by atoms with E-state index in [0.717, 1.165) is 23.1 Å². The molecule has 0 fully saturated rings. The number of hydrogen-bond donors (Lipinski definition) is 0. The summed E-state index contributed by atoms with van der Waals surface area (Å²) in [6, 6.07) is 7.65. The third-order valence-electron chi connectivity index (χ3n) is 4.24. The van der Waals surface area contributed by atoms with Gasteiger partial charge in [-0.1, -0.05) is 18.6 Å². The summed E-state index contributed by atoms with van der Waals surface area (Å²) in [4.78, 5) is 11.3. The molecule has 1 aliphatic rings. The van der Waals surface area contributed by atoms with Crippen molar-refractivity contribution in [1.29, 1.82) is 0 Å². The van der Waals surface area contributed by atoms with Crippen molar-refractivity contribution in [3.63, 3.8) is 0 Å². The predicted octanol–water partition coefficient (Wildman–Crippen LogP) is 4.76. The molecule has 0 N–H and O–H groups in total. The average Bonchev–Trinajstić information content (AvgIpc) is 2.78. The molecular weight excluding hydrogens is 308 g/mol. The zero-order chi connectivity index (χ0) is 15.6. The number of ether oxygens (including phenoxy) is 2. The Balaban J connectivity index is 1.82. The van der Waals surface area contributed by atoms with Gasteiger partial charge >= 0.3 is 0 Å². The topological polar surface area (TPSA) is 44.2 Å². The number of hydrogen-bond acceptors (Lipinski definition) is 5. The zero-order valence-electron chi connectivity index (χ0n) is 13.0. The number of aromatic nitrogens is 2. The largest absolute Gasteiger partial charge is 0.493 e. The highest BCUT2D eigenvalue weighted by Crippen LogP contribution is 2.40. The molecule has 0 saturated heterocycles. The van der Waals surface area contributed by atoms with E-state index in [-0.39, 0.29) is 0 Å². The summed E-state index contributed by atoms with van der Waals surface area (Å²) in [6.45, 7) is 0. The lowest BCUT2D eigenvalue weighted by Gasteiger charge is -2.10. The minimum absolute atomic E-state index is 0.638. The second kappa shape index (κ2) is 6.16. The molecule has 23 heavy (non-hydrogen) atoms. The Kier molecular flexibility index (Phi) is 3.87. The van der Waals surface area contributed by atoms with Crippen LogP contribution in [-0.4, -0.2) is 17.1 Å². The quantitative estimate of drug-likeness (QED) is 0.651. The van der Waals surface area contributed by atoms with Crippen LogP contribution < -0.4 is 9.47 Å². The maximum atomic E-state index is 6.11. The van der Waals surface area contributed by atoms with Crippen molar-refractivity contribution >= 4 is 21.6 Å². The van der Waals surface area contributed by atoms with E-state index in [4.69, 9.17) is 9.47 Å². The van der Waals surface area contributed by atoms with E-state index in [0.29, 0.717) is 17.4 Å². The fourth-order valence-corrected chi connectivity index (χ4v) is 4.34. The van der Waals surface area contributed by atoms with E-state index < -0.39 is 0 Å². The molecule has 0 bridgehead atoms. The molecule has 4 nitrogen and oxygen atoms in total. The summed E-state index contributed by atoms with van der Waals surface area (Å²) < 4.78 is 11.5. The molecule has 0 radical (unpaired) electrons. The van der Waals surface area contributed by atoms with E-state index in [1.54, 1.807) is 24.8 Å². The molecule has 1 aromatic carbocycles. The molecule has 4 rings (SSSR count). The first-order valence-corrected chi connectivity index (χ1v) is 8.74. The fraction of sp³-hybridized carbons (Fsp3) is 0.333. The highest BCUT2D eigenvalue weighted by Gasteiger charge is 2.20. The molecule has 2 aromatic heterocycles. The van der Waals surface area contributed by atoms with Crippen molar-refractivity contribution in [1.82, 2.24) is 9.97 Å². The Morgan fingerprint density at radius 3 is 2.70 bits per heavy atom. The Morgan fingerprint density at radius 2 is 1.83 bits per heavy atom. The van der Waals surface area contributed by atoms with Crippen LogP contribution in [0.3, 0.4) is 0 Å². The minimum Gasteiger partial charge on any atom is -0.493 e. The number of benzene rings is 1. The first kappa shape index (κ1) is 14.5. The fourth-order valence-electron chi connectivity index (χ4n) is 3.12. The predicted molar refractivity (Wildman–Crippen MR) is 91.7 cm³/mol. The number of thiophene rings is 1. The number of fused-ring (bicyclic) bond motifs is 3. The van der Waals surface area contributed by atoms with Crippen LogP contribution in [0, 0.1) is 0 Å². The molecule has 1 aliphatic carbocycles. The molecular formula is C18H18N2O2S. The molecule has 0 amide bonds. The Hall–Kier alpha value is -2.14. The Morgan fingerprint density at radius 1 is 1.00 bits per heavy atom. The van der Waals surface area contributed by atoms with Gasteiger partial charge in [-0.3, -0.25) is 0 Å². The van der Waals surface area contributed by atoms with Crippen LogP contribution in [0.25, 0.3) is 10.2 Å². The van der Waals surface area contributed by atoms with Gasteiger partial charge in [-0.15, -0.1) is 11.3 Å². The SMILES string of the molecule is COc1ccccc1Oc1ncnc2sc3c(c12)CCCCC3. The van der Waals surface area contributed by atoms with Crippen molar-refractivity contribution < 1.29 is 9.47 Å². The molecule has 0 spiro atoms. The number of methoxy groups -OCH3 is 1. The Labute approximate surface area is 139 Å². The smallest absolute Gasteiger partial charge is 0.231 e. The van der Waals surface area contributed by atoms with Crippen LogP contribution in [-0.2, 0) is 12.8 Å². The van der Waals surface area contributed by atoms with Crippen molar-refractivity contribution in [2.45, 2.75) is 32.1 Å². The van der Waals surface area contributed by atoms with Crippen molar-refractivity contribution in [2.75, 3.05) is 7.11 Å². The summed E-state index contributed by atoms with van der Waals surface area (Å²) in [6.07, 6.45) is 7.59. The maximum Gasteiger partial charge on any atom is 0.231 e. The lowest BCUT2D eigenvalue weighted by molar-refractivity contribution is 0.375. The van der Waals surface area contributed by atoms with Crippen LogP contribution in [0.4, 0.5) is 0 Å². The summed E-state index contributed by atoms with van der Waals surface area (Å²) >= 11 is 1.79. The van der Waals surface area contributed by atoms with Crippen LogP contribution in [0.1, 0.15) is 29.7 Å². The van der Waals surface area contributed by atoms with Crippen LogP contribution in [0.5, 0.6) is 17.4 Å². The van der Waals surface area contributed by atoms with Gasteiger partial charge in [0.15, 0.2) is 11.5 Å². The van der Waals surface area contributed by atoms with E-state index in [9.17, 15) is 0 Å². The van der Waals surface area contributed by atoms with Crippen LogP contribution >= 0.6 is 11.3 Å². The van der Waals surface area contributed by atoms with Gasteiger partial charge < -0.3 is 9.47 Å². The summed E-state index contributed by atoms with van der Waals surface area (Å²) in [5, 5.41) is 1.08. The Bertz CT molecular complexity index is 844. The van der Waals surface area contributed by atoms with Gasteiger partial charge in [-0.25, -0.2) is 9.97 Å². The van der Waals surface area contributed by atoms with E-state index in [1.165, 1.54) is 29.7 Å². The van der Waals surface area contributed by atoms with Gasteiger partial charge in [-0.2, -0.15) is 0 Å². The molecule has 118 valence electrons. The van der Waals surface area contributed by atoms with E-state index in [1.807, 2.05) is 24.3 Å². The molecule has 3 aromatic rings. The van der Waals surface area contributed by atoms with Gasteiger partial charge in [0, 0.05) is 4.88 Å². The van der Waals surface area contributed by atoms with Gasteiger partial charge in [0.05, 0.1) is 12.5 Å². The molecule has 0 unspecified atom stereocenters. The second-order valence-corrected chi connectivity index (χ2v) is 6.76. The molecule has 0 saturated carbocycles. The van der Waals surface area contributed by atoms with Crippen LogP contribution in [0.15, 0.2) is 30.6 Å². The number of rotatable bonds is 3. The maximum absolute atomic E-state index is 6.11. The number of aryl methyl sites for hydroxylation is 2. The van der Waals surface area contributed by atoms with Crippen LogP contribution in [0.2, 0.25) is 0 Å². The van der Waals surface area contributed by atoms with Gasteiger partial charge in [0.1, 0.15) is 11.2 Å². The average molecular weight is 326 g/mol. The highest BCUT2D eigenvalue weighted by atomic mass is 32.1. The lowest BCUT2D eigenvalue weighted by Crippen LogP contribution is -1.94. The molecule has 2 heterocycles. The molecule has 0 atom stereocenters. The number of para-hydroxylation sites is 2. The third kappa shape index (κ3) is 2.65. The summed E-state index contributed by atoms with van der Waals surface area (Å²) in [7, 11) is 1.65. The second-order valence-electron chi connectivity index (χ2n) is 5.68. The van der Waals surface area contributed by atoms with Crippen molar-refractivity contribution in [3.05, 3.63) is 41.0 Å².